The van der Waals surface area contributed by atoms with Gasteiger partial charge in [-0.15, -0.1) is 0 Å². The molecule has 0 aromatic carbocycles. The summed E-state index contributed by atoms with van der Waals surface area (Å²) in [4.78, 5) is 18.3. The first kappa shape index (κ1) is 15.5. The van der Waals surface area contributed by atoms with Gasteiger partial charge in [-0.2, -0.15) is 5.10 Å². The molecule has 3 atom stereocenters. The second-order valence-corrected chi connectivity index (χ2v) is 6.78. The lowest BCUT2D eigenvalue weighted by atomic mass is 9.69. The van der Waals surface area contributed by atoms with E-state index in [1.807, 2.05) is 4.90 Å². The van der Waals surface area contributed by atoms with Crippen LogP contribution in [0, 0.1) is 11.8 Å². The summed E-state index contributed by atoms with van der Waals surface area (Å²) in [6.07, 6.45) is 8.43. The summed E-state index contributed by atoms with van der Waals surface area (Å²) in [5, 5.41) is 14.8. The summed E-state index contributed by atoms with van der Waals surface area (Å²) >= 11 is 0. The fourth-order valence-corrected chi connectivity index (χ4v) is 4.17. The molecule has 6 nitrogen and oxygen atoms in total. The number of amides is 1. The molecule has 1 amide bonds. The molecule has 122 valence electrons. The molecule has 2 heterocycles. The Kier molecular flexibility index (Phi) is 4.47. The quantitative estimate of drug-likeness (QED) is 0.894. The number of hydrogen-bond donors (Lipinski definition) is 1. The zero-order valence-corrected chi connectivity index (χ0v) is 13.3. The minimum absolute atomic E-state index is 0.216. The maximum atomic E-state index is 12.4. The van der Waals surface area contributed by atoms with Gasteiger partial charge >= 0.3 is 0 Å². The Labute approximate surface area is 131 Å². The molecule has 2 aliphatic rings. The first-order valence-electron chi connectivity index (χ1n) is 8.45. The Hall–Kier alpha value is -1.43. The molecule has 1 aliphatic carbocycles. The van der Waals surface area contributed by atoms with Crippen molar-refractivity contribution in [1.82, 2.24) is 19.7 Å². The number of aromatic nitrogens is 3. The normalized spacial score (nSPS) is 31.3. The molecular formula is C16H26N4O2. The van der Waals surface area contributed by atoms with Crippen LogP contribution in [0.4, 0.5) is 0 Å². The lowest BCUT2D eigenvalue weighted by Crippen LogP contribution is -2.44. The van der Waals surface area contributed by atoms with E-state index in [-0.39, 0.29) is 11.8 Å². The van der Waals surface area contributed by atoms with Gasteiger partial charge in [0.25, 0.3) is 0 Å². The highest BCUT2D eigenvalue weighted by Crippen LogP contribution is 2.44. The zero-order chi connectivity index (χ0) is 15.6. The highest BCUT2D eigenvalue weighted by Gasteiger charge is 2.48. The zero-order valence-electron chi connectivity index (χ0n) is 13.3. The fraction of sp³-hybridized carbons (Fsp3) is 0.812. The molecule has 1 aliphatic heterocycles. The molecule has 1 saturated heterocycles. The lowest BCUT2D eigenvalue weighted by molar-refractivity contribution is -0.130. The van der Waals surface area contributed by atoms with Crippen molar-refractivity contribution in [3.8, 4) is 0 Å². The summed E-state index contributed by atoms with van der Waals surface area (Å²) in [5.41, 5.74) is -0.557. The van der Waals surface area contributed by atoms with Crippen molar-refractivity contribution in [3.05, 3.63) is 12.7 Å². The van der Waals surface area contributed by atoms with Crippen LogP contribution in [-0.2, 0) is 11.3 Å². The minimum atomic E-state index is -0.557. The van der Waals surface area contributed by atoms with Gasteiger partial charge in [0, 0.05) is 32.0 Å². The lowest BCUT2D eigenvalue weighted by Gasteiger charge is -2.40. The molecule has 1 aromatic rings. The molecule has 1 aromatic heterocycles. The smallest absolute Gasteiger partial charge is 0.222 e. The van der Waals surface area contributed by atoms with Gasteiger partial charge in [-0.1, -0.05) is 13.3 Å². The van der Waals surface area contributed by atoms with Gasteiger partial charge in [-0.05, 0) is 31.6 Å². The third kappa shape index (κ3) is 3.02. The van der Waals surface area contributed by atoms with Crippen molar-refractivity contribution in [3.63, 3.8) is 0 Å². The van der Waals surface area contributed by atoms with Crippen LogP contribution in [0.5, 0.6) is 0 Å². The van der Waals surface area contributed by atoms with Gasteiger partial charge in [0.1, 0.15) is 12.7 Å². The third-order valence-corrected chi connectivity index (χ3v) is 5.53. The van der Waals surface area contributed by atoms with Crippen LogP contribution >= 0.6 is 0 Å². The Balaban J connectivity index is 1.52. The molecular weight excluding hydrogens is 280 g/mol. The number of hydrogen-bond acceptors (Lipinski definition) is 4. The maximum Gasteiger partial charge on any atom is 0.222 e. The van der Waals surface area contributed by atoms with Gasteiger partial charge in [0.2, 0.25) is 5.91 Å². The van der Waals surface area contributed by atoms with Gasteiger partial charge in [0.15, 0.2) is 0 Å². The van der Waals surface area contributed by atoms with Gasteiger partial charge in [-0.3, -0.25) is 9.48 Å². The Bertz CT molecular complexity index is 504. The summed E-state index contributed by atoms with van der Waals surface area (Å²) in [5.74, 6) is 0.969. The minimum Gasteiger partial charge on any atom is -0.390 e. The van der Waals surface area contributed by atoms with Crippen LogP contribution in [0.3, 0.4) is 0 Å². The summed E-state index contributed by atoms with van der Waals surface area (Å²) in [7, 11) is 0. The standard InChI is InChI=1S/C16H26N4O2/c1-2-16(22)7-3-5-13-9-19(10-14(13)16)15(21)6-4-8-20-12-17-11-18-20/h11-14,22H,2-10H2,1H3/t13-,14+,16-/m1/s1. The number of carbonyl (C=O) groups is 1. The van der Waals surface area contributed by atoms with Crippen LogP contribution in [0.15, 0.2) is 12.7 Å². The molecule has 0 unspecified atom stereocenters. The van der Waals surface area contributed by atoms with E-state index in [4.69, 9.17) is 0 Å². The number of nitrogens with zero attached hydrogens (tertiary/aromatic N) is 4. The number of fused-ring (bicyclic) bond motifs is 1. The van der Waals surface area contributed by atoms with Crippen molar-refractivity contribution >= 4 is 5.91 Å². The molecule has 2 fully saturated rings. The third-order valence-electron chi connectivity index (χ3n) is 5.53. The maximum absolute atomic E-state index is 12.4. The first-order valence-corrected chi connectivity index (χ1v) is 8.45. The average Bonchev–Trinajstić information content (AvgIpc) is 3.17. The fourth-order valence-electron chi connectivity index (χ4n) is 4.17. The van der Waals surface area contributed by atoms with Crippen molar-refractivity contribution < 1.29 is 9.90 Å². The van der Waals surface area contributed by atoms with Crippen LogP contribution in [0.2, 0.25) is 0 Å². The molecule has 0 bridgehead atoms. The van der Waals surface area contributed by atoms with E-state index in [0.717, 1.165) is 51.7 Å². The van der Waals surface area contributed by atoms with E-state index in [1.165, 1.54) is 6.33 Å². The molecule has 6 heteroatoms. The van der Waals surface area contributed by atoms with E-state index in [1.54, 1.807) is 11.0 Å². The molecule has 1 N–H and O–H groups in total. The Morgan fingerprint density at radius 2 is 2.32 bits per heavy atom. The second-order valence-electron chi connectivity index (χ2n) is 6.78. The summed E-state index contributed by atoms with van der Waals surface area (Å²) < 4.78 is 1.76. The average molecular weight is 306 g/mol. The number of rotatable bonds is 5. The molecule has 1 saturated carbocycles. The largest absolute Gasteiger partial charge is 0.390 e. The van der Waals surface area contributed by atoms with E-state index >= 15 is 0 Å². The predicted octanol–water partition coefficient (Wildman–Crippen LogP) is 1.46. The van der Waals surface area contributed by atoms with Crippen molar-refractivity contribution in [1.29, 1.82) is 0 Å². The van der Waals surface area contributed by atoms with Crippen molar-refractivity contribution in [2.24, 2.45) is 11.8 Å². The molecule has 3 rings (SSSR count). The van der Waals surface area contributed by atoms with Crippen molar-refractivity contribution in [2.75, 3.05) is 13.1 Å². The molecule has 0 radical (unpaired) electrons. The summed E-state index contributed by atoms with van der Waals surface area (Å²) in [6, 6.07) is 0. The van der Waals surface area contributed by atoms with Crippen LogP contribution in [0.25, 0.3) is 0 Å². The molecule has 22 heavy (non-hydrogen) atoms. The van der Waals surface area contributed by atoms with Gasteiger partial charge < -0.3 is 10.0 Å². The van der Waals surface area contributed by atoms with Crippen molar-refractivity contribution in [2.45, 2.75) is 57.6 Å². The highest BCUT2D eigenvalue weighted by atomic mass is 16.3. The Morgan fingerprint density at radius 1 is 1.45 bits per heavy atom. The number of aryl methyl sites for hydroxylation is 1. The molecule has 0 spiro atoms. The monoisotopic (exact) mass is 306 g/mol. The number of likely N-dealkylation sites (tertiary alicyclic amines) is 1. The van der Waals surface area contributed by atoms with Crippen LogP contribution in [0.1, 0.15) is 45.4 Å². The second kappa shape index (κ2) is 6.36. The van der Waals surface area contributed by atoms with Gasteiger partial charge in [0.05, 0.1) is 5.60 Å². The predicted molar refractivity (Wildman–Crippen MR) is 81.9 cm³/mol. The van der Waals surface area contributed by atoms with Crippen LogP contribution in [-0.4, -0.2) is 49.4 Å². The van der Waals surface area contributed by atoms with Gasteiger partial charge in [-0.25, -0.2) is 4.98 Å². The first-order chi connectivity index (χ1) is 10.6. The summed E-state index contributed by atoms with van der Waals surface area (Å²) in [6.45, 7) is 4.35. The van der Waals surface area contributed by atoms with Crippen LogP contribution < -0.4 is 0 Å². The van der Waals surface area contributed by atoms with E-state index in [9.17, 15) is 9.90 Å². The topological polar surface area (TPSA) is 71.2 Å². The highest BCUT2D eigenvalue weighted by molar-refractivity contribution is 5.76. The van der Waals surface area contributed by atoms with E-state index < -0.39 is 5.60 Å². The number of carbonyl (C=O) groups excluding carboxylic acids is 1. The Morgan fingerprint density at radius 3 is 3.05 bits per heavy atom. The van der Waals surface area contributed by atoms with E-state index in [0.29, 0.717) is 12.3 Å². The number of aliphatic hydroxyl groups is 1. The SMILES string of the molecule is CC[C@@]1(O)CCC[C@@H]2CN(C(=O)CCCn3cncn3)C[C@@H]21. The van der Waals surface area contributed by atoms with E-state index in [2.05, 4.69) is 17.0 Å².